The van der Waals surface area contributed by atoms with Crippen LogP contribution in [0.3, 0.4) is 0 Å². The second kappa shape index (κ2) is 8.83. The van der Waals surface area contributed by atoms with E-state index in [2.05, 4.69) is 20.8 Å². The quantitative estimate of drug-likeness (QED) is 0.449. The van der Waals surface area contributed by atoms with Gasteiger partial charge in [-0.25, -0.2) is 4.68 Å². The van der Waals surface area contributed by atoms with Crippen LogP contribution in [-0.4, -0.2) is 44.1 Å². The fraction of sp³-hybridized carbons (Fsp3) is 0.200. The van der Waals surface area contributed by atoms with Gasteiger partial charge in [-0.05, 0) is 40.3 Å². The minimum absolute atomic E-state index is 0.0373. The fourth-order valence-electron chi connectivity index (χ4n) is 2.75. The van der Waals surface area contributed by atoms with Crippen LogP contribution < -0.4 is 10.1 Å². The van der Waals surface area contributed by atoms with Gasteiger partial charge in [0.25, 0.3) is 5.91 Å². The topological polar surface area (TPSA) is 143 Å². The molecule has 2 N–H and O–H groups in total. The van der Waals surface area contributed by atoms with Crippen molar-refractivity contribution in [2.45, 2.75) is 19.9 Å². The molecular weight excluding hydrogens is 388 g/mol. The standard InChI is InChI=1S/C20H18N6O4/c1-3-17(27)15-8-13(10-21)9-16(18(15)28)22-20(29)19-23-24-25-26(19)11-12-4-6-14(30-2)7-5-12/h4-9,28H,3,11H2,1-2H3,(H,22,29). The number of aromatic hydroxyl groups is 1. The summed E-state index contributed by atoms with van der Waals surface area (Å²) in [5.74, 6) is -0.878. The number of nitrogens with one attached hydrogen (secondary N) is 1. The number of benzene rings is 2. The highest BCUT2D eigenvalue weighted by atomic mass is 16.5. The van der Waals surface area contributed by atoms with Crippen molar-refractivity contribution in [1.82, 2.24) is 20.2 Å². The number of phenols is 1. The van der Waals surface area contributed by atoms with E-state index in [1.54, 1.807) is 26.2 Å². The minimum Gasteiger partial charge on any atom is -0.505 e. The number of hydrogen-bond donors (Lipinski definition) is 2. The number of rotatable bonds is 7. The fourth-order valence-corrected chi connectivity index (χ4v) is 2.75. The lowest BCUT2D eigenvalue weighted by atomic mass is 10.0. The molecule has 2 aromatic carbocycles. The molecule has 0 saturated heterocycles. The van der Waals surface area contributed by atoms with E-state index in [4.69, 9.17) is 4.74 Å². The van der Waals surface area contributed by atoms with Gasteiger partial charge in [-0.3, -0.25) is 9.59 Å². The van der Waals surface area contributed by atoms with Gasteiger partial charge < -0.3 is 15.2 Å². The van der Waals surface area contributed by atoms with Crippen LogP contribution in [0, 0.1) is 11.3 Å². The van der Waals surface area contributed by atoms with Crippen molar-refractivity contribution in [3.8, 4) is 17.6 Å². The molecule has 0 spiro atoms. The van der Waals surface area contributed by atoms with Crippen LogP contribution in [0.2, 0.25) is 0 Å². The second-order valence-electron chi connectivity index (χ2n) is 6.27. The lowest BCUT2D eigenvalue weighted by Crippen LogP contribution is -2.20. The van der Waals surface area contributed by atoms with Gasteiger partial charge >= 0.3 is 0 Å². The molecule has 0 aliphatic rings. The average molecular weight is 406 g/mol. The number of ketones is 1. The lowest BCUT2D eigenvalue weighted by Gasteiger charge is -2.11. The number of Topliss-reactive ketones (excluding diaryl/α,β-unsaturated/α-hetero) is 1. The van der Waals surface area contributed by atoms with Crippen molar-refractivity contribution in [1.29, 1.82) is 5.26 Å². The van der Waals surface area contributed by atoms with E-state index in [0.29, 0.717) is 5.75 Å². The van der Waals surface area contributed by atoms with Crippen LogP contribution in [-0.2, 0) is 6.54 Å². The largest absolute Gasteiger partial charge is 0.505 e. The summed E-state index contributed by atoms with van der Waals surface area (Å²) in [7, 11) is 1.56. The lowest BCUT2D eigenvalue weighted by molar-refractivity contribution is 0.0981. The number of ether oxygens (including phenoxy) is 1. The van der Waals surface area contributed by atoms with Crippen molar-refractivity contribution in [3.63, 3.8) is 0 Å². The molecule has 10 nitrogen and oxygen atoms in total. The number of carbonyl (C=O) groups excluding carboxylic acids is 2. The highest BCUT2D eigenvalue weighted by Gasteiger charge is 2.21. The second-order valence-corrected chi connectivity index (χ2v) is 6.27. The summed E-state index contributed by atoms with van der Waals surface area (Å²) < 4.78 is 6.41. The molecule has 0 fully saturated rings. The Balaban J connectivity index is 1.86. The zero-order chi connectivity index (χ0) is 21.7. The maximum absolute atomic E-state index is 12.7. The van der Waals surface area contributed by atoms with Crippen LogP contribution in [0.15, 0.2) is 36.4 Å². The zero-order valence-electron chi connectivity index (χ0n) is 16.3. The Morgan fingerprint density at radius 3 is 2.63 bits per heavy atom. The maximum atomic E-state index is 12.7. The summed E-state index contributed by atoms with van der Waals surface area (Å²) in [6, 6.07) is 11.6. The van der Waals surface area contributed by atoms with Crippen molar-refractivity contribution < 1.29 is 19.4 Å². The monoisotopic (exact) mass is 406 g/mol. The molecule has 1 heterocycles. The molecule has 3 aromatic rings. The number of carbonyl (C=O) groups is 2. The summed E-state index contributed by atoms with van der Waals surface area (Å²) in [6.45, 7) is 1.86. The van der Waals surface area contributed by atoms with Crippen molar-refractivity contribution >= 4 is 17.4 Å². The summed E-state index contributed by atoms with van der Waals surface area (Å²) in [4.78, 5) is 24.8. The van der Waals surface area contributed by atoms with Gasteiger partial charge in [0.2, 0.25) is 5.82 Å². The van der Waals surface area contributed by atoms with Crippen LogP contribution in [0.1, 0.15) is 45.4 Å². The number of phenolic OH excluding ortho intramolecular Hbond substituents is 1. The number of anilines is 1. The van der Waals surface area contributed by atoms with Crippen molar-refractivity contribution in [3.05, 3.63) is 58.9 Å². The molecule has 0 saturated carbocycles. The van der Waals surface area contributed by atoms with Gasteiger partial charge in [-0.1, -0.05) is 19.1 Å². The SMILES string of the molecule is CCC(=O)c1cc(C#N)cc(NC(=O)c2nnnn2Cc2ccc(OC)cc2)c1O. The van der Waals surface area contributed by atoms with Crippen LogP contribution in [0.5, 0.6) is 11.5 Å². The van der Waals surface area contributed by atoms with Gasteiger partial charge in [0.15, 0.2) is 5.78 Å². The first kappa shape index (κ1) is 20.5. The van der Waals surface area contributed by atoms with E-state index >= 15 is 0 Å². The molecule has 0 atom stereocenters. The predicted octanol–water partition coefficient (Wildman–Crippen LogP) is 2.15. The molecule has 30 heavy (non-hydrogen) atoms. The third-order valence-corrected chi connectivity index (χ3v) is 4.34. The smallest absolute Gasteiger partial charge is 0.295 e. The van der Waals surface area contributed by atoms with E-state index < -0.39 is 11.7 Å². The first-order chi connectivity index (χ1) is 14.5. The summed E-state index contributed by atoms with van der Waals surface area (Å²) in [6.07, 6.45) is 0.135. The Kier molecular flexibility index (Phi) is 6.03. The number of amides is 1. The van der Waals surface area contributed by atoms with Crippen LogP contribution in [0.4, 0.5) is 5.69 Å². The summed E-state index contributed by atoms with van der Waals surface area (Å²) in [5.41, 5.74) is 0.847. The van der Waals surface area contributed by atoms with Crippen molar-refractivity contribution in [2.75, 3.05) is 12.4 Å². The Morgan fingerprint density at radius 2 is 2.00 bits per heavy atom. The Bertz CT molecular complexity index is 1130. The van der Waals surface area contributed by atoms with E-state index in [1.807, 2.05) is 18.2 Å². The molecule has 152 valence electrons. The van der Waals surface area contributed by atoms with Gasteiger partial charge in [0.05, 0.1) is 36.5 Å². The third-order valence-electron chi connectivity index (χ3n) is 4.34. The van der Waals surface area contributed by atoms with E-state index in [1.165, 1.54) is 16.8 Å². The van der Waals surface area contributed by atoms with Crippen LogP contribution in [0.25, 0.3) is 0 Å². The number of hydrogen-bond acceptors (Lipinski definition) is 8. The first-order valence-corrected chi connectivity index (χ1v) is 8.97. The number of nitrogens with zero attached hydrogens (tertiary/aromatic N) is 5. The van der Waals surface area contributed by atoms with Gasteiger partial charge in [0, 0.05) is 6.42 Å². The van der Waals surface area contributed by atoms with E-state index in [0.717, 1.165) is 5.56 Å². The van der Waals surface area contributed by atoms with Crippen molar-refractivity contribution in [2.24, 2.45) is 0 Å². The summed E-state index contributed by atoms with van der Waals surface area (Å²) >= 11 is 0. The molecule has 0 bridgehead atoms. The van der Waals surface area contributed by atoms with Gasteiger partial charge in [-0.15, -0.1) is 5.10 Å². The molecular formula is C20H18N6O4. The molecule has 10 heteroatoms. The Morgan fingerprint density at radius 1 is 1.27 bits per heavy atom. The Labute approximate surface area is 171 Å². The van der Waals surface area contributed by atoms with Gasteiger partial charge in [0.1, 0.15) is 11.5 Å². The molecule has 0 radical (unpaired) electrons. The molecule has 3 rings (SSSR count). The third kappa shape index (κ3) is 4.25. The molecule has 0 aliphatic heterocycles. The Hall–Kier alpha value is -4.26. The normalized spacial score (nSPS) is 10.3. The van der Waals surface area contributed by atoms with E-state index in [9.17, 15) is 20.0 Å². The first-order valence-electron chi connectivity index (χ1n) is 8.97. The molecule has 1 amide bonds. The maximum Gasteiger partial charge on any atom is 0.295 e. The molecule has 1 aromatic heterocycles. The van der Waals surface area contributed by atoms with E-state index in [-0.39, 0.29) is 41.4 Å². The highest BCUT2D eigenvalue weighted by Crippen LogP contribution is 2.30. The number of aromatic nitrogens is 4. The minimum atomic E-state index is -0.700. The number of nitriles is 1. The molecule has 0 unspecified atom stereocenters. The number of methoxy groups -OCH3 is 1. The average Bonchev–Trinajstić information content (AvgIpc) is 3.23. The zero-order valence-corrected chi connectivity index (χ0v) is 16.3. The number of tetrazole rings is 1. The van der Waals surface area contributed by atoms with Crippen LogP contribution >= 0.6 is 0 Å². The predicted molar refractivity (Wildman–Crippen MR) is 105 cm³/mol. The highest BCUT2D eigenvalue weighted by molar-refractivity contribution is 6.06. The van der Waals surface area contributed by atoms with Gasteiger partial charge in [-0.2, -0.15) is 5.26 Å². The molecule has 0 aliphatic carbocycles. The summed E-state index contributed by atoms with van der Waals surface area (Å²) in [5, 5.41) is 33.2.